The standard InChI is InChI=1S/C25H33N3O5S/c1-16-12-17(2)19(4)24(18(16)3)34(30,31)28-10-8-27(9-11-28)20(5)25(29)26-14-21-6-7-22-23(13-21)33-15-32-22/h6-7,12-13,20H,8-11,14-15H2,1-5H3,(H,26,29)/t20-/m0/s1. The minimum atomic E-state index is -3.61. The van der Waals surface area contributed by atoms with Crippen LogP contribution >= 0.6 is 0 Å². The highest BCUT2D eigenvalue weighted by Gasteiger charge is 2.34. The normalized spacial score (nSPS) is 17.6. The quantitative estimate of drug-likeness (QED) is 0.674. The minimum absolute atomic E-state index is 0.0880. The molecule has 4 rings (SSSR count). The van der Waals surface area contributed by atoms with Crippen molar-refractivity contribution < 1.29 is 22.7 Å². The largest absolute Gasteiger partial charge is 0.454 e. The first-order chi connectivity index (χ1) is 16.1. The van der Waals surface area contributed by atoms with Gasteiger partial charge in [0.05, 0.1) is 10.9 Å². The van der Waals surface area contributed by atoms with Crippen molar-refractivity contribution in [2.24, 2.45) is 0 Å². The first kappa shape index (κ1) is 24.5. The van der Waals surface area contributed by atoms with Crippen molar-refractivity contribution in [3.05, 3.63) is 52.1 Å². The molecular formula is C25H33N3O5S. The van der Waals surface area contributed by atoms with Gasteiger partial charge in [-0.2, -0.15) is 4.31 Å². The van der Waals surface area contributed by atoms with Crippen molar-refractivity contribution in [2.45, 2.75) is 52.1 Å². The molecule has 1 amide bonds. The van der Waals surface area contributed by atoms with E-state index >= 15 is 0 Å². The molecule has 2 aromatic carbocycles. The topological polar surface area (TPSA) is 88.2 Å². The van der Waals surface area contributed by atoms with Crippen LogP contribution in [0, 0.1) is 27.7 Å². The summed E-state index contributed by atoms with van der Waals surface area (Å²) in [7, 11) is -3.61. The second kappa shape index (κ2) is 9.56. The van der Waals surface area contributed by atoms with E-state index in [4.69, 9.17) is 9.47 Å². The number of piperazine rings is 1. The fraction of sp³-hybridized carbons (Fsp3) is 0.480. The van der Waals surface area contributed by atoms with Crippen LogP contribution in [0.25, 0.3) is 0 Å². The van der Waals surface area contributed by atoms with Crippen LogP contribution in [0.2, 0.25) is 0 Å². The van der Waals surface area contributed by atoms with Gasteiger partial charge in [-0.15, -0.1) is 0 Å². The molecule has 1 atom stereocenters. The van der Waals surface area contributed by atoms with E-state index in [2.05, 4.69) is 5.32 Å². The summed E-state index contributed by atoms with van der Waals surface area (Å²) in [5.74, 6) is 1.31. The van der Waals surface area contributed by atoms with Gasteiger partial charge in [0.1, 0.15) is 0 Å². The fourth-order valence-electron chi connectivity index (χ4n) is 4.58. The maximum Gasteiger partial charge on any atom is 0.243 e. The smallest absolute Gasteiger partial charge is 0.243 e. The Morgan fingerprint density at radius 3 is 2.24 bits per heavy atom. The predicted octanol–water partition coefficient (Wildman–Crippen LogP) is 2.66. The third-order valence-electron chi connectivity index (χ3n) is 7.00. The molecule has 2 aromatic rings. The molecule has 0 unspecified atom stereocenters. The molecule has 34 heavy (non-hydrogen) atoms. The number of rotatable bonds is 6. The lowest BCUT2D eigenvalue weighted by molar-refractivity contribution is -0.126. The minimum Gasteiger partial charge on any atom is -0.454 e. The number of ether oxygens (including phenoxy) is 2. The summed E-state index contributed by atoms with van der Waals surface area (Å²) in [6.45, 7) is 11.8. The highest BCUT2D eigenvalue weighted by molar-refractivity contribution is 7.89. The van der Waals surface area contributed by atoms with Crippen molar-refractivity contribution in [2.75, 3.05) is 33.0 Å². The van der Waals surface area contributed by atoms with E-state index in [0.29, 0.717) is 49.1 Å². The number of hydrogen-bond donors (Lipinski definition) is 1. The summed E-state index contributed by atoms with van der Waals surface area (Å²) in [5, 5.41) is 2.97. The van der Waals surface area contributed by atoms with E-state index < -0.39 is 10.0 Å². The number of aryl methyl sites for hydroxylation is 2. The molecule has 0 spiro atoms. The Bertz CT molecular complexity index is 1180. The summed E-state index contributed by atoms with van der Waals surface area (Å²) in [6, 6.07) is 7.29. The maximum atomic E-state index is 13.5. The summed E-state index contributed by atoms with van der Waals surface area (Å²) in [4.78, 5) is 15.2. The fourth-order valence-corrected chi connectivity index (χ4v) is 6.58. The van der Waals surface area contributed by atoms with Gasteiger partial charge in [-0.1, -0.05) is 12.1 Å². The molecule has 2 aliphatic rings. The van der Waals surface area contributed by atoms with Gasteiger partial charge < -0.3 is 14.8 Å². The molecule has 184 valence electrons. The first-order valence-corrected chi connectivity index (χ1v) is 13.0. The van der Waals surface area contributed by atoms with Crippen LogP contribution in [0.5, 0.6) is 11.5 Å². The van der Waals surface area contributed by atoms with Crippen LogP contribution in [0.3, 0.4) is 0 Å². The molecule has 0 aliphatic carbocycles. The lowest BCUT2D eigenvalue weighted by Gasteiger charge is -2.37. The Morgan fingerprint density at radius 2 is 1.59 bits per heavy atom. The van der Waals surface area contributed by atoms with E-state index in [0.717, 1.165) is 27.8 Å². The van der Waals surface area contributed by atoms with Gasteiger partial charge >= 0.3 is 0 Å². The van der Waals surface area contributed by atoms with Crippen LogP contribution in [0.1, 0.15) is 34.7 Å². The second-order valence-corrected chi connectivity index (χ2v) is 11.0. The number of hydrogen-bond acceptors (Lipinski definition) is 6. The van der Waals surface area contributed by atoms with E-state index in [-0.39, 0.29) is 18.7 Å². The number of nitrogens with zero attached hydrogens (tertiary/aromatic N) is 2. The molecule has 2 heterocycles. The van der Waals surface area contributed by atoms with Gasteiger partial charge in [0.25, 0.3) is 0 Å². The zero-order valence-corrected chi connectivity index (χ0v) is 21.3. The van der Waals surface area contributed by atoms with Gasteiger partial charge in [0.2, 0.25) is 22.7 Å². The summed E-state index contributed by atoms with van der Waals surface area (Å²) < 4.78 is 39.2. The molecule has 0 aromatic heterocycles. The van der Waals surface area contributed by atoms with Crippen LogP contribution in [0.4, 0.5) is 0 Å². The van der Waals surface area contributed by atoms with Crippen LogP contribution < -0.4 is 14.8 Å². The average molecular weight is 488 g/mol. The molecule has 9 heteroatoms. The molecule has 0 radical (unpaired) electrons. The highest BCUT2D eigenvalue weighted by atomic mass is 32.2. The number of fused-ring (bicyclic) bond motifs is 1. The first-order valence-electron chi connectivity index (χ1n) is 11.6. The zero-order valence-electron chi connectivity index (χ0n) is 20.5. The molecule has 1 saturated heterocycles. The monoisotopic (exact) mass is 487 g/mol. The number of sulfonamides is 1. The summed E-state index contributed by atoms with van der Waals surface area (Å²) >= 11 is 0. The molecular weight excluding hydrogens is 454 g/mol. The van der Waals surface area contributed by atoms with Gasteiger partial charge in [0, 0.05) is 32.7 Å². The van der Waals surface area contributed by atoms with Crippen molar-refractivity contribution in [1.82, 2.24) is 14.5 Å². The number of carbonyl (C=O) groups is 1. The van der Waals surface area contributed by atoms with Crippen molar-refractivity contribution in [3.63, 3.8) is 0 Å². The maximum absolute atomic E-state index is 13.5. The van der Waals surface area contributed by atoms with E-state index in [1.54, 1.807) is 4.31 Å². The molecule has 8 nitrogen and oxygen atoms in total. The lowest BCUT2D eigenvalue weighted by atomic mass is 10.0. The van der Waals surface area contributed by atoms with Gasteiger partial charge in [-0.3, -0.25) is 9.69 Å². The molecule has 1 N–H and O–H groups in total. The molecule has 0 bridgehead atoms. The van der Waals surface area contributed by atoms with Crippen LogP contribution in [-0.2, 0) is 21.4 Å². The number of nitrogens with one attached hydrogen (secondary N) is 1. The van der Waals surface area contributed by atoms with Gasteiger partial charge in [0.15, 0.2) is 11.5 Å². The Kier molecular flexibility index (Phi) is 6.89. The molecule has 1 fully saturated rings. The SMILES string of the molecule is Cc1cc(C)c(C)c(S(=O)(=O)N2CCN([C@@H](C)C(=O)NCc3ccc4c(c3)OCO4)CC2)c1C. The predicted molar refractivity (Wildman–Crippen MR) is 130 cm³/mol. The zero-order chi connectivity index (χ0) is 24.6. The summed E-state index contributed by atoms with van der Waals surface area (Å²) in [6.07, 6.45) is 0. The number of amides is 1. The van der Waals surface area contributed by atoms with E-state index in [9.17, 15) is 13.2 Å². The van der Waals surface area contributed by atoms with Crippen LogP contribution in [0.15, 0.2) is 29.2 Å². The second-order valence-electron chi connectivity index (χ2n) is 9.11. The molecule has 2 aliphatic heterocycles. The number of benzene rings is 2. The van der Waals surface area contributed by atoms with Gasteiger partial charge in [-0.05, 0) is 74.6 Å². The average Bonchev–Trinajstić information content (AvgIpc) is 3.29. The highest BCUT2D eigenvalue weighted by Crippen LogP contribution is 2.32. The van der Waals surface area contributed by atoms with Crippen LogP contribution in [-0.4, -0.2) is 62.5 Å². The van der Waals surface area contributed by atoms with Gasteiger partial charge in [-0.25, -0.2) is 8.42 Å². The third kappa shape index (κ3) is 4.64. The third-order valence-corrected chi connectivity index (χ3v) is 9.17. The molecule has 0 saturated carbocycles. The lowest BCUT2D eigenvalue weighted by Crippen LogP contribution is -2.54. The Balaban J connectivity index is 1.36. The van der Waals surface area contributed by atoms with Crippen molar-refractivity contribution in [1.29, 1.82) is 0 Å². The summed E-state index contributed by atoms with van der Waals surface area (Å²) in [5.41, 5.74) is 4.50. The number of carbonyl (C=O) groups excluding carboxylic acids is 1. The van der Waals surface area contributed by atoms with Crippen molar-refractivity contribution >= 4 is 15.9 Å². The van der Waals surface area contributed by atoms with E-state index in [1.807, 2.05) is 63.8 Å². The van der Waals surface area contributed by atoms with Crippen molar-refractivity contribution in [3.8, 4) is 11.5 Å². The Labute approximate surface area is 201 Å². The Morgan fingerprint density at radius 1 is 0.971 bits per heavy atom. The van der Waals surface area contributed by atoms with E-state index in [1.165, 1.54) is 0 Å². The Hall–Kier alpha value is -2.62.